The van der Waals surface area contributed by atoms with E-state index in [1.165, 1.54) is 20.9 Å². The summed E-state index contributed by atoms with van der Waals surface area (Å²) in [6, 6.07) is 6.53. The number of guanidine groups is 1. The van der Waals surface area contributed by atoms with E-state index in [0.717, 1.165) is 24.7 Å². The molecule has 2 aromatic rings. The minimum absolute atomic E-state index is 0. The number of nitrogens with one attached hydrogen (secondary N) is 2. The summed E-state index contributed by atoms with van der Waals surface area (Å²) in [6.07, 6.45) is 2.11. The summed E-state index contributed by atoms with van der Waals surface area (Å²) in [6.45, 7) is 8.51. The van der Waals surface area contributed by atoms with E-state index in [-0.39, 0.29) is 24.0 Å². The Morgan fingerprint density at radius 3 is 2.71 bits per heavy atom. The lowest BCUT2D eigenvalue weighted by atomic mass is 10.1. The van der Waals surface area contributed by atoms with Gasteiger partial charge in [-0.3, -0.25) is 0 Å². The van der Waals surface area contributed by atoms with Crippen molar-refractivity contribution in [2.45, 2.75) is 38.8 Å². The molecule has 2 N–H and O–H groups in total. The van der Waals surface area contributed by atoms with Crippen molar-refractivity contribution in [3.8, 4) is 0 Å². The lowest BCUT2D eigenvalue weighted by molar-refractivity contribution is 0.816. The standard InChI is InChI=1S/C17H24N4S2.HI/c1-5-18-17(20-10-16-13(3)21-11-23-16)19-9-14-7-6-12(2)8-15(14)22-4;/h6-8,11H,5,9-10H2,1-4H3,(H2,18,19,20);1H. The molecule has 1 aromatic heterocycles. The van der Waals surface area contributed by atoms with Gasteiger partial charge in [-0.05, 0) is 44.2 Å². The zero-order valence-corrected chi connectivity index (χ0v) is 18.5. The summed E-state index contributed by atoms with van der Waals surface area (Å²) in [4.78, 5) is 11.5. The molecule has 0 aliphatic heterocycles. The van der Waals surface area contributed by atoms with Gasteiger partial charge in [0.05, 0.1) is 24.3 Å². The third kappa shape index (κ3) is 6.25. The second-order valence-electron chi connectivity index (χ2n) is 5.22. The molecule has 0 amide bonds. The van der Waals surface area contributed by atoms with Gasteiger partial charge in [-0.1, -0.05) is 12.1 Å². The Hall–Kier alpha value is -0.800. The second kappa shape index (κ2) is 10.9. The van der Waals surface area contributed by atoms with Crippen LogP contribution >= 0.6 is 47.1 Å². The Labute approximate surface area is 170 Å². The zero-order valence-electron chi connectivity index (χ0n) is 14.5. The van der Waals surface area contributed by atoms with Crippen LogP contribution in [0.15, 0.2) is 33.6 Å². The molecule has 24 heavy (non-hydrogen) atoms. The maximum atomic E-state index is 4.72. The summed E-state index contributed by atoms with van der Waals surface area (Å²) in [5.41, 5.74) is 5.51. The Morgan fingerprint density at radius 1 is 1.29 bits per heavy atom. The van der Waals surface area contributed by atoms with Crippen molar-refractivity contribution in [1.29, 1.82) is 0 Å². The number of thioether (sulfide) groups is 1. The van der Waals surface area contributed by atoms with Crippen LogP contribution in [0.3, 0.4) is 0 Å². The molecule has 2 rings (SSSR count). The van der Waals surface area contributed by atoms with Gasteiger partial charge in [0.25, 0.3) is 0 Å². The highest BCUT2D eigenvalue weighted by Crippen LogP contribution is 2.22. The number of aliphatic imine (C=N–C) groups is 1. The molecule has 0 bridgehead atoms. The van der Waals surface area contributed by atoms with Crippen LogP contribution in [0.5, 0.6) is 0 Å². The van der Waals surface area contributed by atoms with Crippen molar-refractivity contribution in [2.75, 3.05) is 12.8 Å². The van der Waals surface area contributed by atoms with Crippen LogP contribution < -0.4 is 10.6 Å². The monoisotopic (exact) mass is 476 g/mol. The predicted octanol–water partition coefficient (Wildman–Crippen LogP) is 4.36. The number of nitrogens with zero attached hydrogens (tertiary/aromatic N) is 2. The number of hydrogen-bond acceptors (Lipinski definition) is 4. The van der Waals surface area contributed by atoms with Gasteiger partial charge in [0.1, 0.15) is 0 Å². The first kappa shape index (κ1) is 21.2. The van der Waals surface area contributed by atoms with Gasteiger partial charge in [-0.25, -0.2) is 9.98 Å². The van der Waals surface area contributed by atoms with Crippen molar-refractivity contribution in [1.82, 2.24) is 15.6 Å². The summed E-state index contributed by atoms with van der Waals surface area (Å²) in [5, 5.41) is 6.69. The van der Waals surface area contributed by atoms with Crippen LogP contribution in [-0.4, -0.2) is 23.7 Å². The molecule has 0 fully saturated rings. The molecule has 0 spiro atoms. The molecule has 0 saturated carbocycles. The minimum Gasteiger partial charge on any atom is -0.357 e. The number of aromatic nitrogens is 1. The van der Waals surface area contributed by atoms with E-state index < -0.39 is 0 Å². The van der Waals surface area contributed by atoms with Crippen LogP contribution in [0.2, 0.25) is 0 Å². The summed E-state index contributed by atoms with van der Waals surface area (Å²) >= 11 is 3.44. The van der Waals surface area contributed by atoms with Crippen LogP contribution in [-0.2, 0) is 13.1 Å². The number of halogens is 1. The van der Waals surface area contributed by atoms with Crippen LogP contribution in [0, 0.1) is 13.8 Å². The van der Waals surface area contributed by atoms with E-state index in [2.05, 4.69) is 53.9 Å². The molecular formula is C17H25IN4S2. The molecule has 132 valence electrons. The quantitative estimate of drug-likeness (QED) is 0.282. The van der Waals surface area contributed by atoms with Crippen molar-refractivity contribution < 1.29 is 0 Å². The van der Waals surface area contributed by atoms with Crippen LogP contribution in [0.4, 0.5) is 0 Å². The topological polar surface area (TPSA) is 49.3 Å². The Kier molecular flexibility index (Phi) is 9.68. The molecule has 0 saturated heterocycles. The minimum atomic E-state index is 0. The summed E-state index contributed by atoms with van der Waals surface area (Å²) < 4.78 is 0. The lowest BCUT2D eigenvalue weighted by Crippen LogP contribution is -2.36. The van der Waals surface area contributed by atoms with Crippen LogP contribution in [0.1, 0.15) is 28.6 Å². The van der Waals surface area contributed by atoms with E-state index >= 15 is 0 Å². The second-order valence-corrected chi connectivity index (χ2v) is 7.01. The number of hydrogen-bond donors (Lipinski definition) is 2. The molecular weight excluding hydrogens is 451 g/mol. The van der Waals surface area contributed by atoms with E-state index in [9.17, 15) is 0 Å². The van der Waals surface area contributed by atoms with Crippen molar-refractivity contribution in [3.63, 3.8) is 0 Å². The third-order valence-electron chi connectivity index (χ3n) is 3.46. The predicted molar refractivity (Wildman–Crippen MR) is 117 cm³/mol. The van der Waals surface area contributed by atoms with Gasteiger partial charge in [-0.2, -0.15) is 0 Å². The highest BCUT2D eigenvalue weighted by atomic mass is 127. The average molecular weight is 476 g/mol. The summed E-state index contributed by atoms with van der Waals surface area (Å²) in [7, 11) is 0. The Bertz CT molecular complexity index is 670. The first-order chi connectivity index (χ1) is 11.1. The highest BCUT2D eigenvalue weighted by molar-refractivity contribution is 14.0. The fourth-order valence-corrected chi connectivity index (χ4v) is 3.56. The molecule has 0 aliphatic rings. The van der Waals surface area contributed by atoms with E-state index in [1.807, 2.05) is 12.4 Å². The molecule has 1 aromatic carbocycles. The van der Waals surface area contributed by atoms with E-state index in [0.29, 0.717) is 6.54 Å². The zero-order chi connectivity index (χ0) is 16.7. The maximum Gasteiger partial charge on any atom is 0.191 e. The smallest absolute Gasteiger partial charge is 0.191 e. The highest BCUT2D eigenvalue weighted by Gasteiger charge is 2.05. The Morgan fingerprint density at radius 2 is 2.08 bits per heavy atom. The SMILES string of the molecule is CCNC(=NCc1ccc(C)cc1SC)NCc1scnc1C.I. The molecule has 1 heterocycles. The Balaban J connectivity index is 0.00000288. The third-order valence-corrected chi connectivity index (χ3v) is 5.21. The molecule has 0 aliphatic carbocycles. The number of thiazole rings is 1. The fourth-order valence-electron chi connectivity index (χ4n) is 2.15. The van der Waals surface area contributed by atoms with E-state index in [4.69, 9.17) is 4.99 Å². The largest absolute Gasteiger partial charge is 0.357 e. The first-order valence-corrected chi connectivity index (χ1v) is 9.79. The molecule has 7 heteroatoms. The van der Waals surface area contributed by atoms with Gasteiger partial charge >= 0.3 is 0 Å². The molecule has 4 nitrogen and oxygen atoms in total. The molecule has 0 radical (unpaired) electrons. The summed E-state index contributed by atoms with van der Waals surface area (Å²) in [5.74, 6) is 0.841. The van der Waals surface area contributed by atoms with Crippen molar-refractivity contribution in [3.05, 3.63) is 45.4 Å². The normalized spacial score (nSPS) is 11.1. The lowest BCUT2D eigenvalue weighted by Gasteiger charge is -2.12. The van der Waals surface area contributed by atoms with Crippen molar-refractivity contribution >= 4 is 53.0 Å². The van der Waals surface area contributed by atoms with Crippen molar-refractivity contribution in [2.24, 2.45) is 4.99 Å². The molecule has 0 atom stereocenters. The number of aryl methyl sites for hydroxylation is 2. The van der Waals surface area contributed by atoms with Gasteiger partial charge < -0.3 is 10.6 Å². The van der Waals surface area contributed by atoms with Gasteiger partial charge in [-0.15, -0.1) is 47.1 Å². The van der Waals surface area contributed by atoms with Gasteiger partial charge in [0, 0.05) is 16.3 Å². The van der Waals surface area contributed by atoms with Gasteiger partial charge in [0.2, 0.25) is 0 Å². The maximum absolute atomic E-state index is 4.72. The number of benzene rings is 1. The first-order valence-electron chi connectivity index (χ1n) is 7.68. The van der Waals surface area contributed by atoms with Gasteiger partial charge in [0.15, 0.2) is 5.96 Å². The molecule has 0 unspecified atom stereocenters. The van der Waals surface area contributed by atoms with Crippen LogP contribution in [0.25, 0.3) is 0 Å². The average Bonchev–Trinajstić information content (AvgIpc) is 2.96. The number of rotatable bonds is 6. The fraction of sp³-hybridized carbons (Fsp3) is 0.412. The van der Waals surface area contributed by atoms with E-state index in [1.54, 1.807) is 23.1 Å².